The summed E-state index contributed by atoms with van der Waals surface area (Å²) in [5, 5.41) is 13.3. The zero-order valence-corrected chi connectivity index (χ0v) is 14.4. The van der Waals surface area contributed by atoms with Crippen LogP contribution in [0.15, 0.2) is 48.5 Å². The van der Waals surface area contributed by atoms with Crippen LogP contribution in [-0.4, -0.2) is 17.6 Å². The van der Waals surface area contributed by atoms with Gasteiger partial charge in [0, 0.05) is 23.5 Å². The minimum absolute atomic E-state index is 0.159. The third kappa shape index (κ3) is 3.80. The summed E-state index contributed by atoms with van der Waals surface area (Å²) in [6.45, 7) is 1.65. The zero-order valence-electron chi connectivity index (χ0n) is 13.6. The highest BCUT2D eigenvalue weighted by molar-refractivity contribution is 6.30. The first-order valence-electron chi connectivity index (χ1n) is 8.38. The molecule has 0 unspecified atom stereocenters. The Labute approximate surface area is 147 Å². The summed E-state index contributed by atoms with van der Waals surface area (Å²) in [5.74, 6) is -0.889. The summed E-state index contributed by atoms with van der Waals surface area (Å²) in [6, 6.07) is 15.3. The lowest BCUT2D eigenvalue weighted by Gasteiger charge is -2.30. The molecular weight excluding hydrogens is 322 g/mol. The SMILES string of the molecule is O=C(O)c1ccc(CNCC2(c3cccc(Cl)c3)CCCC2)cc1. The highest BCUT2D eigenvalue weighted by Crippen LogP contribution is 2.41. The minimum atomic E-state index is -0.889. The first kappa shape index (κ1) is 17.0. The fraction of sp³-hybridized carbons (Fsp3) is 0.350. The molecule has 0 spiro atoms. The second-order valence-electron chi connectivity index (χ2n) is 6.60. The molecule has 2 aromatic rings. The highest BCUT2D eigenvalue weighted by atomic mass is 35.5. The van der Waals surface area contributed by atoms with Crippen molar-refractivity contribution in [3.8, 4) is 0 Å². The minimum Gasteiger partial charge on any atom is -0.478 e. The topological polar surface area (TPSA) is 49.3 Å². The van der Waals surface area contributed by atoms with Crippen molar-refractivity contribution in [2.45, 2.75) is 37.6 Å². The third-order valence-electron chi connectivity index (χ3n) is 4.99. The Bertz CT molecular complexity index is 706. The number of carboxylic acids is 1. The molecular formula is C20H22ClNO2. The van der Waals surface area contributed by atoms with Crippen molar-refractivity contribution in [1.82, 2.24) is 5.32 Å². The maximum absolute atomic E-state index is 10.9. The molecule has 0 heterocycles. The van der Waals surface area contributed by atoms with Crippen LogP contribution in [0.3, 0.4) is 0 Å². The number of benzene rings is 2. The van der Waals surface area contributed by atoms with Crippen molar-refractivity contribution >= 4 is 17.6 Å². The van der Waals surface area contributed by atoms with Crippen molar-refractivity contribution in [1.29, 1.82) is 0 Å². The number of aromatic carboxylic acids is 1. The van der Waals surface area contributed by atoms with Crippen molar-refractivity contribution in [3.63, 3.8) is 0 Å². The smallest absolute Gasteiger partial charge is 0.335 e. The number of carboxylic acid groups (broad SMARTS) is 1. The second kappa shape index (κ2) is 7.37. The number of nitrogens with one attached hydrogen (secondary N) is 1. The van der Waals surface area contributed by atoms with E-state index in [2.05, 4.69) is 17.4 Å². The molecule has 0 aliphatic heterocycles. The van der Waals surface area contributed by atoms with E-state index in [4.69, 9.17) is 16.7 Å². The van der Waals surface area contributed by atoms with E-state index in [1.807, 2.05) is 24.3 Å². The molecule has 3 nitrogen and oxygen atoms in total. The van der Waals surface area contributed by atoms with Crippen LogP contribution in [0.2, 0.25) is 5.02 Å². The summed E-state index contributed by atoms with van der Waals surface area (Å²) in [5.41, 5.74) is 2.90. The van der Waals surface area contributed by atoms with Gasteiger partial charge in [0.15, 0.2) is 0 Å². The van der Waals surface area contributed by atoms with Crippen LogP contribution in [0.25, 0.3) is 0 Å². The van der Waals surface area contributed by atoms with Crippen LogP contribution in [0.1, 0.15) is 47.2 Å². The van der Waals surface area contributed by atoms with Crippen LogP contribution in [-0.2, 0) is 12.0 Å². The van der Waals surface area contributed by atoms with E-state index in [0.717, 1.165) is 23.7 Å². The fourth-order valence-electron chi connectivity index (χ4n) is 3.65. The molecule has 0 aromatic heterocycles. The summed E-state index contributed by atoms with van der Waals surface area (Å²) in [4.78, 5) is 10.9. The quantitative estimate of drug-likeness (QED) is 0.803. The van der Waals surface area contributed by atoms with Crippen LogP contribution >= 0.6 is 11.6 Å². The van der Waals surface area contributed by atoms with E-state index in [9.17, 15) is 4.79 Å². The molecule has 0 radical (unpaired) electrons. The number of hydrogen-bond acceptors (Lipinski definition) is 2. The van der Waals surface area contributed by atoms with Gasteiger partial charge in [0.1, 0.15) is 0 Å². The van der Waals surface area contributed by atoms with Crippen LogP contribution < -0.4 is 5.32 Å². The van der Waals surface area contributed by atoms with Crippen molar-refractivity contribution in [3.05, 3.63) is 70.2 Å². The Morgan fingerprint density at radius 3 is 2.46 bits per heavy atom. The Morgan fingerprint density at radius 1 is 1.12 bits per heavy atom. The van der Waals surface area contributed by atoms with Crippen molar-refractivity contribution in [2.24, 2.45) is 0 Å². The average molecular weight is 344 g/mol. The molecule has 1 aliphatic rings. The third-order valence-corrected chi connectivity index (χ3v) is 5.23. The Morgan fingerprint density at radius 2 is 1.83 bits per heavy atom. The average Bonchev–Trinajstić information content (AvgIpc) is 3.05. The van der Waals surface area contributed by atoms with E-state index >= 15 is 0 Å². The summed E-state index contributed by atoms with van der Waals surface area (Å²) in [6.07, 6.45) is 4.86. The van der Waals surface area contributed by atoms with Gasteiger partial charge in [0.2, 0.25) is 0 Å². The maximum Gasteiger partial charge on any atom is 0.335 e. The van der Waals surface area contributed by atoms with E-state index < -0.39 is 5.97 Å². The largest absolute Gasteiger partial charge is 0.478 e. The van der Waals surface area contributed by atoms with Gasteiger partial charge in [0.05, 0.1) is 5.56 Å². The molecule has 3 rings (SSSR count). The van der Waals surface area contributed by atoms with Crippen LogP contribution in [0.5, 0.6) is 0 Å². The Hall–Kier alpha value is -1.84. The summed E-state index contributed by atoms with van der Waals surface area (Å²) in [7, 11) is 0. The van der Waals surface area contributed by atoms with Gasteiger partial charge in [-0.15, -0.1) is 0 Å². The van der Waals surface area contributed by atoms with Crippen LogP contribution in [0.4, 0.5) is 0 Å². The molecule has 0 saturated heterocycles. The van der Waals surface area contributed by atoms with E-state index in [0.29, 0.717) is 5.56 Å². The van der Waals surface area contributed by atoms with Gasteiger partial charge >= 0.3 is 5.97 Å². The molecule has 0 amide bonds. The van der Waals surface area contributed by atoms with Gasteiger partial charge in [-0.2, -0.15) is 0 Å². The zero-order chi connectivity index (χ0) is 17.0. The van der Waals surface area contributed by atoms with Gasteiger partial charge in [-0.1, -0.05) is 48.7 Å². The Kier molecular flexibility index (Phi) is 5.22. The normalized spacial score (nSPS) is 16.2. The van der Waals surface area contributed by atoms with Crippen molar-refractivity contribution in [2.75, 3.05) is 6.54 Å². The molecule has 126 valence electrons. The maximum atomic E-state index is 10.9. The molecule has 4 heteroatoms. The first-order chi connectivity index (χ1) is 11.6. The van der Waals surface area contributed by atoms with E-state index in [1.54, 1.807) is 12.1 Å². The van der Waals surface area contributed by atoms with Gasteiger partial charge in [-0.05, 0) is 48.2 Å². The molecule has 1 aliphatic carbocycles. The van der Waals surface area contributed by atoms with Crippen molar-refractivity contribution < 1.29 is 9.90 Å². The number of halogens is 1. The molecule has 1 saturated carbocycles. The van der Waals surface area contributed by atoms with Gasteiger partial charge < -0.3 is 10.4 Å². The van der Waals surface area contributed by atoms with E-state index in [1.165, 1.54) is 31.2 Å². The summed E-state index contributed by atoms with van der Waals surface area (Å²) >= 11 is 6.19. The van der Waals surface area contributed by atoms with Crippen LogP contribution in [0, 0.1) is 0 Å². The standard InChI is InChI=1S/C20H22ClNO2/c21-18-5-3-4-17(12-18)20(10-1-2-11-20)14-22-13-15-6-8-16(9-7-15)19(23)24/h3-9,12,22H,1-2,10-11,13-14H2,(H,23,24). The van der Waals surface area contributed by atoms with E-state index in [-0.39, 0.29) is 5.41 Å². The monoisotopic (exact) mass is 343 g/mol. The molecule has 2 N–H and O–H groups in total. The first-order valence-corrected chi connectivity index (χ1v) is 8.76. The Balaban J connectivity index is 1.66. The van der Waals surface area contributed by atoms with Gasteiger partial charge in [-0.3, -0.25) is 0 Å². The molecule has 1 fully saturated rings. The lowest BCUT2D eigenvalue weighted by Crippen LogP contribution is -2.35. The number of carbonyl (C=O) groups is 1. The lowest BCUT2D eigenvalue weighted by molar-refractivity contribution is 0.0697. The fourth-order valence-corrected chi connectivity index (χ4v) is 3.84. The van der Waals surface area contributed by atoms with Gasteiger partial charge in [-0.25, -0.2) is 4.79 Å². The second-order valence-corrected chi connectivity index (χ2v) is 7.04. The molecule has 24 heavy (non-hydrogen) atoms. The molecule has 0 bridgehead atoms. The summed E-state index contributed by atoms with van der Waals surface area (Å²) < 4.78 is 0. The molecule has 2 aromatic carbocycles. The predicted octanol–water partition coefficient (Wildman–Crippen LogP) is 4.64. The lowest BCUT2D eigenvalue weighted by atomic mass is 9.79. The van der Waals surface area contributed by atoms with Gasteiger partial charge in [0.25, 0.3) is 0 Å². The molecule has 0 atom stereocenters. The predicted molar refractivity (Wildman–Crippen MR) is 96.7 cm³/mol. The number of rotatable bonds is 6. The number of hydrogen-bond donors (Lipinski definition) is 2. The highest BCUT2D eigenvalue weighted by Gasteiger charge is 2.35.